The zero-order chi connectivity index (χ0) is 15.4. The molecule has 0 aromatic heterocycles. The van der Waals surface area contributed by atoms with Crippen LogP contribution in [-0.4, -0.2) is 98.4 Å². The van der Waals surface area contributed by atoms with E-state index in [0.29, 0.717) is 39.3 Å². The summed E-state index contributed by atoms with van der Waals surface area (Å²) in [5.74, 6) is 0.0195. The van der Waals surface area contributed by atoms with E-state index in [0.717, 1.165) is 0 Å². The Balaban J connectivity index is 1.77. The number of nitrogens with one attached hydrogen (secondary N) is 2. The molecule has 2 rings (SSSR count). The summed E-state index contributed by atoms with van der Waals surface area (Å²) in [6, 6.07) is -0.336. The molecule has 0 spiro atoms. The highest BCUT2D eigenvalue weighted by atomic mass is 16.2. The van der Waals surface area contributed by atoms with Crippen LogP contribution in [0.25, 0.3) is 0 Å². The summed E-state index contributed by atoms with van der Waals surface area (Å²) >= 11 is 0. The Kier molecular flexibility index (Phi) is 5.13. The van der Waals surface area contributed by atoms with Crippen molar-refractivity contribution in [2.75, 3.05) is 59.9 Å². The fraction of sp³-hybridized carbons (Fsp3) is 0.769. The largest absolute Gasteiger partial charge is 0.353 e. The number of rotatable bonds is 3. The van der Waals surface area contributed by atoms with Gasteiger partial charge in [0.2, 0.25) is 17.7 Å². The Labute approximate surface area is 124 Å². The smallest absolute Gasteiger partial charge is 0.241 e. The van der Waals surface area contributed by atoms with Crippen molar-refractivity contribution in [2.45, 2.75) is 6.04 Å². The predicted molar refractivity (Wildman–Crippen MR) is 76.5 cm³/mol. The highest BCUT2D eigenvalue weighted by Crippen LogP contribution is 2.05. The lowest BCUT2D eigenvalue weighted by atomic mass is 10.2. The second-order valence-corrected chi connectivity index (χ2v) is 5.63. The van der Waals surface area contributed by atoms with Crippen LogP contribution >= 0.6 is 0 Å². The van der Waals surface area contributed by atoms with Gasteiger partial charge in [0.15, 0.2) is 0 Å². The molecule has 118 valence electrons. The lowest BCUT2D eigenvalue weighted by Gasteiger charge is -2.37. The lowest BCUT2D eigenvalue weighted by molar-refractivity contribution is -0.137. The van der Waals surface area contributed by atoms with Crippen molar-refractivity contribution in [1.29, 1.82) is 0 Å². The van der Waals surface area contributed by atoms with Gasteiger partial charge in [0.1, 0.15) is 6.04 Å². The van der Waals surface area contributed by atoms with E-state index < -0.39 is 0 Å². The lowest BCUT2D eigenvalue weighted by Crippen LogP contribution is -2.61. The van der Waals surface area contributed by atoms with Crippen molar-refractivity contribution in [1.82, 2.24) is 25.3 Å². The van der Waals surface area contributed by atoms with Gasteiger partial charge in [0, 0.05) is 46.8 Å². The number of likely N-dealkylation sites (N-methyl/N-ethyl adjacent to an activating group) is 1. The van der Waals surface area contributed by atoms with Crippen molar-refractivity contribution in [2.24, 2.45) is 0 Å². The fourth-order valence-electron chi connectivity index (χ4n) is 2.42. The quantitative estimate of drug-likeness (QED) is 0.592. The van der Waals surface area contributed by atoms with Gasteiger partial charge in [-0.15, -0.1) is 0 Å². The maximum Gasteiger partial charge on any atom is 0.241 e. The maximum absolute atomic E-state index is 12.3. The van der Waals surface area contributed by atoms with E-state index in [1.807, 2.05) is 0 Å². The molecule has 1 atom stereocenters. The number of piperazine rings is 2. The average molecular weight is 297 g/mol. The molecule has 0 saturated carbocycles. The molecule has 1 unspecified atom stereocenters. The summed E-state index contributed by atoms with van der Waals surface area (Å²) in [5, 5.41) is 5.64. The molecule has 3 amide bonds. The standard InChI is InChI=1S/C13H23N5O3/c1-16(2)12(20)9-17-3-5-18(6-4-17)13(21)10-7-15-11(19)8-14-10/h10,14H,3-9H2,1-2H3,(H,15,19). The number of hydrogen-bond donors (Lipinski definition) is 2. The number of hydrogen-bond acceptors (Lipinski definition) is 5. The molecule has 2 saturated heterocycles. The van der Waals surface area contributed by atoms with Gasteiger partial charge < -0.3 is 15.1 Å². The van der Waals surface area contributed by atoms with Gasteiger partial charge in [-0.1, -0.05) is 0 Å². The van der Waals surface area contributed by atoms with Crippen molar-refractivity contribution in [3.05, 3.63) is 0 Å². The van der Waals surface area contributed by atoms with Crippen LogP contribution < -0.4 is 10.6 Å². The summed E-state index contributed by atoms with van der Waals surface area (Å²) in [6.45, 7) is 3.56. The van der Waals surface area contributed by atoms with Crippen LogP contribution in [-0.2, 0) is 14.4 Å². The first-order valence-electron chi connectivity index (χ1n) is 7.18. The Bertz CT molecular complexity index is 408. The van der Waals surface area contributed by atoms with Gasteiger partial charge in [0.05, 0.1) is 13.1 Å². The van der Waals surface area contributed by atoms with Crippen LogP contribution in [0, 0.1) is 0 Å². The third kappa shape index (κ3) is 4.15. The number of carbonyl (C=O) groups is 3. The molecule has 2 N–H and O–H groups in total. The topological polar surface area (TPSA) is 85.0 Å². The van der Waals surface area contributed by atoms with E-state index in [9.17, 15) is 14.4 Å². The number of carbonyl (C=O) groups excluding carboxylic acids is 3. The summed E-state index contributed by atoms with van der Waals surface area (Å²) in [6.07, 6.45) is 0. The highest BCUT2D eigenvalue weighted by Gasteiger charge is 2.30. The molecule has 0 aromatic carbocycles. The van der Waals surface area contributed by atoms with E-state index in [1.165, 1.54) is 0 Å². The molecule has 8 heteroatoms. The molecule has 0 bridgehead atoms. The van der Waals surface area contributed by atoms with Crippen LogP contribution in [0.3, 0.4) is 0 Å². The molecule has 0 aliphatic carbocycles. The predicted octanol–water partition coefficient (Wildman–Crippen LogP) is -2.69. The second kappa shape index (κ2) is 6.86. The second-order valence-electron chi connectivity index (χ2n) is 5.63. The minimum atomic E-state index is -0.336. The molecule has 21 heavy (non-hydrogen) atoms. The van der Waals surface area contributed by atoms with Gasteiger partial charge in [-0.3, -0.25) is 24.6 Å². The molecule has 2 aliphatic rings. The van der Waals surface area contributed by atoms with E-state index >= 15 is 0 Å². The Morgan fingerprint density at radius 3 is 2.43 bits per heavy atom. The number of nitrogens with zero attached hydrogens (tertiary/aromatic N) is 3. The molecular weight excluding hydrogens is 274 g/mol. The maximum atomic E-state index is 12.3. The Morgan fingerprint density at radius 1 is 1.24 bits per heavy atom. The summed E-state index contributed by atoms with van der Waals surface area (Å²) < 4.78 is 0. The van der Waals surface area contributed by atoms with Gasteiger partial charge in [-0.2, -0.15) is 0 Å². The van der Waals surface area contributed by atoms with Gasteiger partial charge in [-0.25, -0.2) is 0 Å². The van der Waals surface area contributed by atoms with Crippen molar-refractivity contribution in [3.8, 4) is 0 Å². The minimum absolute atomic E-state index is 0.0218. The van der Waals surface area contributed by atoms with Crippen molar-refractivity contribution < 1.29 is 14.4 Å². The monoisotopic (exact) mass is 297 g/mol. The molecule has 2 aliphatic heterocycles. The van der Waals surface area contributed by atoms with Crippen molar-refractivity contribution >= 4 is 17.7 Å². The molecular formula is C13H23N5O3. The van der Waals surface area contributed by atoms with Crippen LogP contribution in [0.2, 0.25) is 0 Å². The summed E-state index contributed by atoms with van der Waals surface area (Å²) in [5.41, 5.74) is 0. The van der Waals surface area contributed by atoms with Crippen molar-refractivity contribution in [3.63, 3.8) is 0 Å². The van der Waals surface area contributed by atoms with Gasteiger partial charge in [-0.05, 0) is 0 Å². The first kappa shape index (κ1) is 15.7. The van der Waals surface area contributed by atoms with Crippen LogP contribution in [0.4, 0.5) is 0 Å². The van der Waals surface area contributed by atoms with E-state index in [-0.39, 0.29) is 30.3 Å². The molecule has 0 aromatic rings. The van der Waals surface area contributed by atoms with E-state index in [4.69, 9.17) is 0 Å². The first-order valence-corrected chi connectivity index (χ1v) is 7.18. The zero-order valence-electron chi connectivity index (χ0n) is 12.6. The molecule has 2 fully saturated rings. The Morgan fingerprint density at radius 2 is 1.90 bits per heavy atom. The molecule has 2 heterocycles. The summed E-state index contributed by atoms with van der Waals surface area (Å²) in [4.78, 5) is 40.5. The third-order valence-electron chi connectivity index (χ3n) is 3.85. The zero-order valence-corrected chi connectivity index (χ0v) is 12.6. The SMILES string of the molecule is CN(C)C(=O)CN1CCN(C(=O)C2CNC(=O)CN2)CC1. The summed E-state index contributed by atoms with van der Waals surface area (Å²) in [7, 11) is 3.48. The molecule has 0 radical (unpaired) electrons. The third-order valence-corrected chi connectivity index (χ3v) is 3.85. The first-order chi connectivity index (χ1) is 9.97. The number of amides is 3. The van der Waals surface area contributed by atoms with Gasteiger partial charge >= 0.3 is 0 Å². The fourth-order valence-corrected chi connectivity index (χ4v) is 2.42. The van der Waals surface area contributed by atoms with Gasteiger partial charge in [0.25, 0.3) is 0 Å². The van der Waals surface area contributed by atoms with Crippen LogP contribution in [0.1, 0.15) is 0 Å². The minimum Gasteiger partial charge on any atom is -0.353 e. The molecule has 8 nitrogen and oxygen atoms in total. The Hall–Kier alpha value is -1.67. The highest BCUT2D eigenvalue weighted by molar-refractivity contribution is 5.87. The average Bonchev–Trinajstić information content (AvgIpc) is 2.48. The van der Waals surface area contributed by atoms with Crippen LogP contribution in [0.5, 0.6) is 0 Å². The van der Waals surface area contributed by atoms with E-state index in [2.05, 4.69) is 15.5 Å². The van der Waals surface area contributed by atoms with E-state index in [1.54, 1.807) is 23.9 Å². The van der Waals surface area contributed by atoms with Crippen LogP contribution in [0.15, 0.2) is 0 Å². The normalized spacial score (nSPS) is 23.6.